The Labute approximate surface area is 132 Å². The van der Waals surface area contributed by atoms with E-state index in [1.807, 2.05) is 12.1 Å². The van der Waals surface area contributed by atoms with E-state index in [1.165, 1.54) is 7.11 Å². The van der Waals surface area contributed by atoms with Crippen LogP contribution in [-0.2, 0) is 13.0 Å². The third kappa shape index (κ3) is 4.04. The second-order valence-electron chi connectivity index (χ2n) is 4.92. The molecule has 0 aromatic heterocycles. The number of aliphatic hydroxyl groups is 1. The van der Waals surface area contributed by atoms with Crippen molar-refractivity contribution in [3.05, 3.63) is 64.7 Å². The largest absolute Gasteiger partial charge is 0.494 e. The van der Waals surface area contributed by atoms with Crippen molar-refractivity contribution in [3.63, 3.8) is 0 Å². The topological polar surface area (TPSA) is 58.6 Å². The molecule has 0 aliphatic heterocycles. The van der Waals surface area contributed by atoms with Crippen LogP contribution in [0.15, 0.2) is 36.4 Å². The van der Waals surface area contributed by atoms with Crippen molar-refractivity contribution in [2.75, 3.05) is 13.7 Å². The van der Waals surface area contributed by atoms with E-state index >= 15 is 0 Å². The maximum absolute atomic E-state index is 14.0. The molecule has 0 atom stereocenters. The number of hydrogen-bond acceptors (Lipinski definition) is 3. The van der Waals surface area contributed by atoms with Crippen molar-refractivity contribution in [2.45, 2.75) is 13.0 Å². The molecule has 0 bridgehead atoms. The fraction of sp³-hybridized carbons (Fsp3) is 0.235. The minimum absolute atomic E-state index is 0.0363. The monoisotopic (exact) mass is 321 g/mol. The second-order valence-corrected chi connectivity index (χ2v) is 4.92. The molecule has 0 spiro atoms. The number of rotatable bonds is 6. The summed E-state index contributed by atoms with van der Waals surface area (Å²) in [6.45, 7) is 0.193. The summed E-state index contributed by atoms with van der Waals surface area (Å²) in [7, 11) is 1.24. The van der Waals surface area contributed by atoms with Gasteiger partial charge in [-0.2, -0.15) is 0 Å². The molecule has 0 saturated heterocycles. The predicted molar refractivity (Wildman–Crippen MR) is 81.3 cm³/mol. The Hall–Kier alpha value is -2.47. The highest BCUT2D eigenvalue weighted by Gasteiger charge is 2.20. The minimum atomic E-state index is -1.02. The number of carbonyl (C=O) groups is 1. The van der Waals surface area contributed by atoms with E-state index in [9.17, 15) is 13.6 Å². The van der Waals surface area contributed by atoms with Crippen LogP contribution in [0.2, 0.25) is 0 Å². The van der Waals surface area contributed by atoms with E-state index in [0.717, 1.165) is 23.3 Å². The summed E-state index contributed by atoms with van der Waals surface area (Å²) in [6, 6.07) is 9.32. The predicted octanol–water partition coefficient (Wildman–Crippen LogP) is 2.44. The van der Waals surface area contributed by atoms with Gasteiger partial charge in [0.1, 0.15) is 11.4 Å². The Morgan fingerprint density at radius 2 is 1.78 bits per heavy atom. The van der Waals surface area contributed by atoms with Crippen molar-refractivity contribution < 1.29 is 23.4 Å². The molecule has 122 valence electrons. The fourth-order valence-electron chi connectivity index (χ4n) is 2.12. The van der Waals surface area contributed by atoms with Crippen LogP contribution < -0.4 is 10.1 Å². The quantitative estimate of drug-likeness (QED) is 0.859. The van der Waals surface area contributed by atoms with Gasteiger partial charge in [-0.15, -0.1) is 0 Å². The normalized spacial score (nSPS) is 10.4. The summed E-state index contributed by atoms with van der Waals surface area (Å²) in [5.41, 5.74) is 1.08. The van der Waals surface area contributed by atoms with Crippen LogP contribution in [-0.4, -0.2) is 24.7 Å². The van der Waals surface area contributed by atoms with Crippen LogP contribution in [0.1, 0.15) is 21.5 Å². The maximum atomic E-state index is 14.0. The van der Waals surface area contributed by atoms with Gasteiger partial charge in [-0.1, -0.05) is 24.3 Å². The summed E-state index contributed by atoms with van der Waals surface area (Å²) >= 11 is 0. The Kier molecular flexibility index (Phi) is 5.65. The average Bonchev–Trinajstić information content (AvgIpc) is 2.56. The van der Waals surface area contributed by atoms with E-state index in [1.54, 1.807) is 12.1 Å². The van der Waals surface area contributed by atoms with Gasteiger partial charge in [-0.25, -0.2) is 8.78 Å². The second kappa shape index (κ2) is 7.69. The lowest BCUT2D eigenvalue weighted by Gasteiger charge is -2.10. The molecule has 2 aromatic rings. The molecule has 2 rings (SSSR count). The molecule has 6 heteroatoms. The lowest BCUT2D eigenvalue weighted by atomic mass is 10.1. The smallest absolute Gasteiger partial charge is 0.257 e. The first-order valence-electron chi connectivity index (χ1n) is 7.05. The number of halogens is 2. The van der Waals surface area contributed by atoms with Gasteiger partial charge in [0.15, 0.2) is 11.6 Å². The zero-order chi connectivity index (χ0) is 16.8. The minimum Gasteiger partial charge on any atom is -0.494 e. The number of ether oxygens (including phenoxy) is 1. The van der Waals surface area contributed by atoms with Gasteiger partial charge in [0, 0.05) is 6.54 Å². The van der Waals surface area contributed by atoms with Gasteiger partial charge >= 0.3 is 0 Å². The van der Waals surface area contributed by atoms with Gasteiger partial charge in [0.05, 0.1) is 13.7 Å². The van der Waals surface area contributed by atoms with Crippen LogP contribution in [0.4, 0.5) is 8.78 Å². The number of carbonyl (C=O) groups excluding carboxylic acids is 1. The van der Waals surface area contributed by atoms with Crippen LogP contribution in [0, 0.1) is 11.6 Å². The van der Waals surface area contributed by atoms with Crippen molar-refractivity contribution >= 4 is 5.91 Å². The van der Waals surface area contributed by atoms with E-state index in [-0.39, 0.29) is 18.9 Å². The summed E-state index contributed by atoms with van der Waals surface area (Å²) < 4.78 is 32.4. The summed E-state index contributed by atoms with van der Waals surface area (Å²) in [6.07, 6.45) is 0.505. The van der Waals surface area contributed by atoms with Crippen molar-refractivity contribution in [1.29, 1.82) is 0 Å². The standard InChI is InChI=1S/C17H17F2NO3/c1-23-14-7-6-13(18)15(16(14)19)17(22)20-9-8-11-2-4-12(10-21)5-3-11/h2-7,21H,8-10H2,1H3,(H,20,22). The number of methoxy groups -OCH3 is 1. The maximum Gasteiger partial charge on any atom is 0.257 e. The summed E-state index contributed by atoms with van der Waals surface area (Å²) in [5.74, 6) is -2.97. The van der Waals surface area contributed by atoms with Crippen molar-refractivity contribution in [1.82, 2.24) is 5.32 Å². The molecule has 2 N–H and O–H groups in total. The van der Waals surface area contributed by atoms with Crippen LogP contribution in [0.25, 0.3) is 0 Å². The van der Waals surface area contributed by atoms with Crippen LogP contribution >= 0.6 is 0 Å². The van der Waals surface area contributed by atoms with Crippen molar-refractivity contribution in [3.8, 4) is 5.75 Å². The molecule has 1 amide bonds. The molecule has 0 heterocycles. The lowest BCUT2D eigenvalue weighted by molar-refractivity contribution is 0.0945. The molecule has 0 fully saturated rings. The van der Waals surface area contributed by atoms with Gasteiger partial charge < -0.3 is 15.2 Å². The first kappa shape index (κ1) is 16.9. The fourth-order valence-corrected chi connectivity index (χ4v) is 2.12. The first-order chi connectivity index (χ1) is 11.1. The summed E-state index contributed by atoms with van der Waals surface area (Å²) in [4.78, 5) is 12.0. The molecule has 0 aliphatic carbocycles. The van der Waals surface area contributed by atoms with Gasteiger partial charge in [0.25, 0.3) is 5.91 Å². The molecule has 4 nitrogen and oxygen atoms in total. The first-order valence-corrected chi connectivity index (χ1v) is 7.05. The van der Waals surface area contributed by atoms with Crippen molar-refractivity contribution in [2.24, 2.45) is 0 Å². The molecule has 0 aliphatic rings. The highest BCUT2D eigenvalue weighted by Crippen LogP contribution is 2.22. The Morgan fingerprint density at radius 1 is 1.13 bits per heavy atom. The van der Waals surface area contributed by atoms with Crippen LogP contribution in [0.3, 0.4) is 0 Å². The summed E-state index contributed by atoms with van der Waals surface area (Å²) in [5, 5.41) is 11.4. The van der Waals surface area contributed by atoms with Gasteiger partial charge in [0.2, 0.25) is 0 Å². The van der Waals surface area contributed by atoms with E-state index < -0.39 is 23.1 Å². The third-order valence-electron chi connectivity index (χ3n) is 3.41. The molecule has 23 heavy (non-hydrogen) atoms. The molecular formula is C17H17F2NO3. The Morgan fingerprint density at radius 3 is 2.39 bits per heavy atom. The Balaban J connectivity index is 1.99. The number of nitrogens with one attached hydrogen (secondary N) is 1. The van der Waals surface area contributed by atoms with E-state index in [4.69, 9.17) is 9.84 Å². The number of hydrogen-bond donors (Lipinski definition) is 2. The SMILES string of the molecule is COc1ccc(F)c(C(=O)NCCc2ccc(CO)cc2)c1F. The average molecular weight is 321 g/mol. The molecule has 0 saturated carbocycles. The Bertz CT molecular complexity index is 687. The highest BCUT2D eigenvalue weighted by atomic mass is 19.1. The molecule has 0 radical (unpaired) electrons. The molecule has 0 unspecified atom stereocenters. The van der Waals surface area contributed by atoms with E-state index in [0.29, 0.717) is 6.42 Å². The molecule has 2 aromatic carbocycles. The van der Waals surface area contributed by atoms with Crippen LogP contribution in [0.5, 0.6) is 5.75 Å². The zero-order valence-corrected chi connectivity index (χ0v) is 12.6. The van der Waals surface area contributed by atoms with E-state index in [2.05, 4.69) is 5.32 Å². The number of amides is 1. The molecular weight excluding hydrogens is 304 g/mol. The highest BCUT2D eigenvalue weighted by molar-refractivity contribution is 5.95. The van der Waals surface area contributed by atoms with Gasteiger partial charge in [-0.3, -0.25) is 4.79 Å². The lowest BCUT2D eigenvalue weighted by Crippen LogP contribution is -2.27. The third-order valence-corrected chi connectivity index (χ3v) is 3.41. The zero-order valence-electron chi connectivity index (χ0n) is 12.6. The number of aliphatic hydroxyl groups excluding tert-OH is 1. The number of benzene rings is 2. The van der Waals surface area contributed by atoms with Gasteiger partial charge in [-0.05, 0) is 29.7 Å².